The first kappa shape index (κ1) is 38.3. The summed E-state index contributed by atoms with van der Waals surface area (Å²) in [6.45, 7) is 12.1. The number of hydrogen-bond donors (Lipinski definition) is 0. The van der Waals surface area contributed by atoms with E-state index in [4.69, 9.17) is 4.42 Å². The van der Waals surface area contributed by atoms with E-state index in [2.05, 4.69) is 211 Å². The van der Waals surface area contributed by atoms with Gasteiger partial charge in [0, 0.05) is 27.2 Å². The van der Waals surface area contributed by atoms with Gasteiger partial charge in [-0.05, 0) is 179 Å². The Morgan fingerprint density at radius 3 is 1.70 bits per heavy atom. The minimum atomic E-state index is -0.187. The maximum Gasteiger partial charge on any atom is 0.135 e. The smallest absolute Gasteiger partial charge is 0.135 e. The largest absolute Gasteiger partial charge is 0.456 e. The Kier molecular flexibility index (Phi) is 7.74. The van der Waals surface area contributed by atoms with E-state index in [0.29, 0.717) is 11.8 Å². The zero-order valence-corrected chi connectivity index (χ0v) is 38.4. The Hall–Kier alpha value is -6.96. The lowest BCUT2D eigenvalue weighted by molar-refractivity contribution is 0.343. The fraction of sp³-hybridized carbons (Fsp3) is 0.200. The first-order valence-corrected chi connectivity index (χ1v) is 24.2. The Labute approximate surface area is 388 Å². The molecule has 8 aromatic carbocycles. The van der Waals surface area contributed by atoms with Crippen molar-refractivity contribution in [3.8, 4) is 66.8 Å². The van der Waals surface area contributed by atoms with E-state index in [-0.39, 0.29) is 16.2 Å². The molecule has 318 valence electrons. The molecule has 1 saturated carbocycles. The second kappa shape index (κ2) is 13.3. The van der Waals surface area contributed by atoms with E-state index in [9.17, 15) is 0 Å². The molecule has 1 aromatic heterocycles. The molecule has 2 unspecified atom stereocenters. The standard InChI is InChI=1S/C65H52O/c1-63(2)56-28-27-50-49-23-18-42(41-20-29-59-54(34-41)55-37-65(5,31-30-60(55)66-59)44-14-10-7-11-15-44)35-57(49)64(3,4)62(50)61(56)51-24-19-43(36-58(51)63)40-17-22-48-46-26-25-45(46)47-21-16-39(32-52(47)53(48)33-40)38-12-8-6-9-13-38/h6-24,27-36,45-46H,25-26,37H2,1-5H3/t45-,46?,65?/m1/s1. The molecule has 0 aliphatic heterocycles. The average Bonchev–Trinajstić information content (AvgIpc) is 3.89. The molecule has 1 fully saturated rings. The normalized spacial score (nSPS) is 20.6. The lowest BCUT2D eigenvalue weighted by Crippen LogP contribution is -2.26. The second-order valence-corrected chi connectivity index (χ2v) is 21.4. The monoisotopic (exact) mass is 848 g/mol. The van der Waals surface area contributed by atoms with E-state index in [1.165, 1.54) is 129 Å². The van der Waals surface area contributed by atoms with Crippen molar-refractivity contribution in [2.45, 2.75) is 82.0 Å². The highest BCUT2D eigenvalue weighted by molar-refractivity contribution is 5.97. The van der Waals surface area contributed by atoms with Crippen molar-refractivity contribution >= 4 is 17.0 Å². The predicted molar refractivity (Wildman–Crippen MR) is 274 cm³/mol. The van der Waals surface area contributed by atoms with Crippen LogP contribution in [-0.2, 0) is 22.7 Å². The number of fused-ring (bicyclic) bond motifs is 16. The minimum absolute atomic E-state index is 0.0825. The van der Waals surface area contributed by atoms with Crippen molar-refractivity contribution in [2.75, 3.05) is 0 Å². The van der Waals surface area contributed by atoms with Crippen LogP contribution in [0.1, 0.15) is 110 Å². The number of benzene rings is 8. The number of rotatable bonds is 4. The lowest BCUT2D eigenvalue weighted by Gasteiger charge is -2.43. The highest BCUT2D eigenvalue weighted by atomic mass is 16.3. The number of furan rings is 1. The summed E-state index contributed by atoms with van der Waals surface area (Å²) in [6, 6.07) is 62.6. The van der Waals surface area contributed by atoms with Gasteiger partial charge in [-0.1, -0.05) is 168 Å². The van der Waals surface area contributed by atoms with E-state index in [0.717, 1.165) is 17.8 Å². The molecular weight excluding hydrogens is 797 g/mol. The molecule has 0 radical (unpaired) electrons. The van der Waals surface area contributed by atoms with Gasteiger partial charge in [-0.2, -0.15) is 0 Å². The molecule has 3 atom stereocenters. The van der Waals surface area contributed by atoms with Crippen LogP contribution in [0, 0.1) is 0 Å². The fourth-order valence-corrected chi connectivity index (χ4v) is 13.3. The average molecular weight is 849 g/mol. The molecule has 0 bridgehead atoms. The quantitative estimate of drug-likeness (QED) is 0.172. The molecule has 5 aliphatic carbocycles. The zero-order chi connectivity index (χ0) is 44.3. The third-order valence-corrected chi connectivity index (χ3v) is 17.1. The minimum Gasteiger partial charge on any atom is -0.456 e. The number of hydrogen-bond acceptors (Lipinski definition) is 1. The van der Waals surface area contributed by atoms with Crippen molar-refractivity contribution in [3.05, 3.63) is 220 Å². The van der Waals surface area contributed by atoms with Gasteiger partial charge < -0.3 is 4.42 Å². The van der Waals surface area contributed by atoms with Crippen molar-refractivity contribution < 1.29 is 4.42 Å². The van der Waals surface area contributed by atoms with Crippen LogP contribution < -0.4 is 0 Å². The third-order valence-electron chi connectivity index (χ3n) is 17.1. The summed E-state index contributed by atoms with van der Waals surface area (Å²) in [4.78, 5) is 0. The van der Waals surface area contributed by atoms with Gasteiger partial charge in [0.1, 0.15) is 11.3 Å². The van der Waals surface area contributed by atoms with Crippen molar-refractivity contribution in [1.82, 2.24) is 0 Å². The molecule has 66 heavy (non-hydrogen) atoms. The first-order chi connectivity index (χ1) is 32.0. The predicted octanol–water partition coefficient (Wildman–Crippen LogP) is 17.2. The van der Waals surface area contributed by atoms with Crippen molar-refractivity contribution in [2.24, 2.45) is 0 Å². The summed E-state index contributed by atoms with van der Waals surface area (Å²) in [5, 5.41) is 1.22. The Balaban J connectivity index is 0.828. The summed E-state index contributed by atoms with van der Waals surface area (Å²) in [7, 11) is 0. The summed E-state index contributed by atoms with van der Waals surface area (Å²) < 4.78 is 6.46. The van der Waals surface area contributed by atoms with Gasteiger partial charge in [0.05, 0.1) is 0 Å². The molecule has 1 nitrogen and oxygen atoms in total. The Morgan fingerprint density at radius 1 is 0.455 bits per heavy atom. The van der Waals surface area contributed by atoms with E-state index < -0.39 is 0 Å². The van der Waals surface area contributed by atoms with Gasteiger partial charge >= 0.3 is 0 Å². The van der Waals surface area contributed by atoms with Crippen LogP contribution in [0.5, 0.6) is 0 Å². The van der Waals surface area contributed by atoms with Crippen LogP contribution in [0.25, 0.3) is 83.8 Å². The van der Waals surface area contributed by atoms with Gasteiger partial charge in [-0.25, -0.2) is 0 Å². The van der Waals surface area contributed by atoms with Gasteiger partial charge in [0.2, 0.25) is 0 Å². The molecule has 0 amide bonds. The van der Waals surface area contributed by atoms with Crippen LogP contribution in [0.2, 0.25) is 0 Å². The van der Waals surface area contributed by atoms with E-state index in [1.54, 1.807) is 0 Å². The van der Waals surface area contributed by atoms with Crippen molar-refractivity contribution in [3.63, 3.8) is 0 Å². The van der Waals surface area contributed by atoms with Gasteiger partial charge in [0.25, 0.3) is 0 Å². The maximum atomic E-state index is 6.46. The Bertz CT molecular complexity index is 3580. The van der Waals surface area contributed by atoms with Gasteiger partial charge in [0.15, 0.2) is 0 Å². The van der Waals surface area contributed by atoms with Crippen LogP contribution in [-0.4, -0.2) is 0 Å². The molecule has 5 aliphatic rings. The molecule has 0 spiro atoms. The molecule has 0 N–H and O–H groups in total. The summed E-state index contributed by atoms with van der Waals surface area (Å²) in [5.41, 5.74) is 28.1. The van der Waals surface area contributed by atoms with Gasteiger partial charge in [-0.3, -0.25) is 0 Å². The van der Waals surface area contributed by atoms with Crippen molar-refractivity contribution in [1.29, 1.82) is 0 Å². The topological polar surface area (TPSA) is 13.1 Å². The zero-order valence-electron chi connectivity index (χ0n) is 38.4. The van der Waals surface area contributed by atoms with Crippen LogP contribution in [0.15, 0.2) is 174 Å². The molecule has 1 heterocycles. The highest BCUT2D eigenvalue weighted by Gasteiger charge is 2.45. The van der Waals surface area contributed by atoms with Crippen LogP contribution >= 0.6 is 0 Å². The van der Waals surface area contributed by atoms with E-state index in [1.807, 2.05) is 0 Å². The van der Waals surface area contributed by atoms with E-state index >= 15 is 0 Å². The molecule has 14 rings (SSSR count). The molecule has 0 saturated heterocycles. The van der Waals surface area contributed by atoms with Crippen LogP contribution in [0.4, 0.5) is 0 Å². The Morgan fingerprint density at radius 2 is 1.02 bits per heavy atom. The lowest BCUT2D eigenvalue weighted by atomic mass is 9.60. The first-order valence-electron chi connectivity index (χ1n) is 24.2. The van der Waals surface area contributed by atoms with Gasteiger partial charge in [-0.15, -0.1) is 0 Å². The third kappa shape index (κ3) is 5.23. The maximum absolute atomic E-state index is 6.46. The SMILES string of the molecule is CC1(c2ccccc2)C=Cc2oc3ccc(-c4ccc5c(c4)C(C)(C)c4c-5ccc5c4-c4ccc(-c6ccc7c(c6)-c6cc(-c8ccccc8)ccc6[C@@H]6CCC76)cc4C5(C)C)cc3c2C1. The van der Waals surface area contributed by atoms with Crippen LogP contribution in [0.3, 0.4) is 0 Å². The molecule has 9 aromatic rings. The molecular formula is C65H52O. The highest BCUT2D eigenvalue weighted by Crippen LogP contribution is 2.61. The molecule has 1 heteroatoms. The fourth-order valence-electron chi connectivity index (χ4n) is 13.3. The summed E-state index contributed by atoms with van der Waals surface area (Å²) in [6.07, 6.45) is 7.99. The second-order valence-electron chi connectivity index (χ2n) is 21.4. The summed E-state index contributed by atoms with van der Waals surface area (Å²) in [5.74, 6) is 2.25. The summed E-state index contributed by atoms with van der Waals surface area (Å²) >= 11 is 0. The number of allylic oxidation sites excluding steroid dienone is 1.